The number of rotatable bonds is 8. The fourth-order valence-corrected chi connectivity index (χ4v) is 11.4. The molecule has 16 heteroatoms. The number of benzene rings is 3. The molecule has 2 bridgehead atoms. The first-order valence-corrected chi connectivity index (χ1v) is 21.9. The van der Waals surface area contributed by atoms with Crippen molar-refractivity contribution in [2.24, 2.45) is 5.92 Å². The normalized spacial score (nSPS) is 27.5. The maximum Gasteiger partial charge on any atom is 0.319 e. The number of terminal acetylenes is 1. The molecule has 0 saturated carbocycles. The highest BCUT2D eigenvalue weighted by Crippen LogP contribution is 3.02. The summed E-state index contributed by atoms with van der Waals surface area (Å²) in [5.74, 6) is 1.54. The van der Waals surface area contributed by atoms with E-state index in [2.05, 4.69) is 28.0 Å². The van der Waals surface area contributed by atoms with Crippen molar-refractivity contribution < 1.29 is 37.7 Å². The Morgan fingerprint density at radius 1 is 0.949 bits per heavy atom. The summed E-state index contributed by atoms with van der Waals surface area (Å²) >= 11 is 0. The van der Waals surface area contributed by atoms with Crippen LogP contribution in [0.25, 0.3) is 32.9 Å². The van der Waals surface area contributed by atoms with Crippen LogP contribution in [0, 0.1) is 29.9 Å². The second-order valence-corrected chi connectivity index (χ2v) is 19.3. The standard InChI is InChI=1S/C43H41F7N6O2S/c1-3-30-32(44)13-11-25-7-4-10-31(35(25)30)38-37(45)39-36-34(52-38)19-24(2)40-33-14-12-26(51-33)21-55(40)41(36)54-42(53-39)58-23-43-16-6-18-56(43)27(15-17-43)22-57-28-8-5-9-29(20-28)59(46,47,48,49)50/h1,4-5,7-11,13,20,24,26-27,33,40,51H,6,12,14-19,21-23H2,2H3/t24-,26+,27-,33-,40-,43-/m0/s1. The highest BCUT2D eigenvalue weighted by molar-refractivity contribution is 8.45. The Morgan fingerprint density at radius 2 is 1.78 bits per heavy atom. The largest absolute Gasteiger partial charge is 0.492 e. The summed E-state index contributed by atoms with van der Waals surface area (Å²) in [6.07, 6.45) is 11.2. The third kappa shape index (κ3) is 6.42. The van der Waals surface area contributed by atoms with Gasteiger partial charge in [0, 0.05) is 47.7 Å². The Balaban J connectivity index is 1.01. The molecule has 0 radical (unpaired) electrons. The van der Waals surface area contributed by atoms with Gasteiger partial charge in [-0.15, -0.1) is 6.42 Å². The van der Waals surface area contributed by atoms with Crippen molar-refractivity contribution in [3.05, 3.63) is 77.5 Å². The van der Waals surface area contributed by atoms with Crippen molar-refractivity contribution >= 4 is 37.7 Å². The smallest absolute Gasteiger partial charge is 0.319 e. The first kappa shape index (κ1) is 38.4. The lowest BCUT2D eigenvalue weighted by molar-refractivity contribution is 0.0686. The number of halogens is 7. The average molecular weight is 839 g/mol. The number of piperazine rings is 1. The maximum atomic E-state index is 17.4. The number of aromatic nitrogens is 3. The Morgan fingerprint density at radius 3 is 2.59 bits per heavy atom. The van der Waals surface area contributed by atoms with Crippen molar-refractivity contribution in [2.75, 3.05) is 31.2 Å². The third-order valence-corrected chi connectivity index (χ3v) is 14.4. The van der Waals surface area contributed by atoms with E-state index in [1.807, 2.05) is 0 Å². The summed E-state index contributed by atoms with van der Waals surface area (Å²) in [6.45, 7) is 3.66. The summed E-state index contributed by atoms with van der Waals surface area (Å²) in [4.78, 5) is 17.3. The Hall–Kier alpha value is -4.85. The fourth-order valence-electron chi connectivity index (χ4n) is 10.7. The maximum absolute atomic E-state index is 17.4. The van der Waals surface area contributed by atoms with Crippen LogP contribution in [0.1, 0.15) is 56.7 Å². The zero-order valence-electron chi connectivity index (χ0n) is 32.0. The Labute approximate surface area is 336 Å². The van der Waals surface area contributed by atoms with Gasteiger partial charge < -0.3 is 19.7 Å². The zero-order chi connectivity index (χ0) is 41.1. The Kier molecular flexibility index (Phi) is 8.34. The minimum atomic E-state index is -9.88. The zero-order valence-corrected chi connectivity index (χ0v) is 32.9. The van der Waals surface area contributed by atoms with Crippen molar-refractivity contribution in [1.82, 2.24) is 25.2 Å². The van der Waals surface area contributed by atoms with Gasteiger partial charge in [-0.25, -0.2) is 13.8 Å². The third-order valence-electron chi connectivity index (χ3n) is 13.2. The number of pyridine rings is 1. The predicted octanol–water partition coefficient (Wildman–Crippen LogP) is 9.72. The van der Waals surface area contributed by atoms with E-state index in [1.54, 1.807) is 24.3 Å². The van der Waals surface area contributed by atoms with E-state index >= 15 is 8.78 Å². The molecule has 5 aliphatic rings. The Bertz CT molecular complexity index is 2610. The van der Waals surface area contributed by atoms with Gasteiger partial charge in [0.15, 0.2) is 5.82 Å². The molecular formula is C43H41F7N6O2S. The van der Waals surface area contributed by atoms with Crippen LogP contribution in [-0.2, 0) is 6.42 Å². The number of fused-ring (bicyclic) bond motifs is 7. The van der Waals surface area contributed by atoms with Crippen molar-refractivity contribution in [3.8, 4) is 35.4 Å². The van der Waals surface area contributed by atoms with Crippen LogP contribution in [0.5, 0.6) is 11.8 Å². The van der Waals surface area contributed by atoms with Gasteiger partial charge in [-0.3, -0.25) is 4.90 Å². The number of nitrogens with zero attached hydrogens (tertiary/aromatic N) is 5. The molecule has 59 heavy (non-hydrogen) atoms. The van der Waals surface area contributed by atoms with Crippen LogP contribution in [0.15, 0.2) is 59.5 Å². The van der Waals surface area contributed by atoms with Gasteiger partial charge in [0.1, 0.15) is 46.7 Å². The van der Waals surface area contributed by atoms with E-state index in [0.29, 0.717) is 77.7 Å². The highest BCUT2D eigenvalue weighted by atomic mass is 32.5. The van der Waals surface area contributed by atoms with E-state index in [4.69, 9.17) is 30.8 Å². The summed E-state index contributed by atoms with van der Waals surface area (Å²) in [5.41, 5.74) is 0.576. The van der Waals surface area contributed by atoms with Crippen LogP contribution in [0.4, 0.5) is 34.0 Å². The number of nitrogens with one attached hydrogen (secondary N) is 1. The average Bonchev–Trinajstić information content (AvgIpc) is 3.87. The molecule has 8 nitrogen and oxygen atoms in total. The molecule has 310 valence electrons. The van der Waals surface area contributed by atoms with Crippen LogP contribution in [-0.4, -0.2) is 75.9 Å². The second-order valence-electron chi connectivity index (χ2n) is 16.9. The minimum absolute atomic E-state index is 0.00370. The van der Waals surface area contributed by atoms with E-state index in [1.165, 1.54) is 12.1 Å². The SMILES string of the molecule is C#Cc1c(F)ccc2cccc(-c3nc4c5c(nc(OC[C@@]67CCCN6[C@H](COc6cccc(S(F)(F)(F)(F)F)c6)CC7)nc5c3F)N3C[C@H]5CC[C@H](N5)[C@@H]3[C@@H](C)C4)c12. The molecule has 7 heterocycles. The number of ether oxygens (including phenoxy) is 2. The van der Waals surface area contributed by atoms with Gasteiger partial charge in [0.2, 0.25) is 0 Å². The van der Waals surface area contributed by atoms with E-state index in [9.17, 15) is 19.4 Å². The van der Waals surface area contributed by atoms with Crippen molar-refractivity contribution in [1.29, 1.82) is 0 Å². The van der Waals surface area contributed by atoms with Crippen LogP contribution in [0.3, 0.4) is 0 Å². The van der Waals surface area contributed by atoms with Crippen LogP contribution < -0.4 is 19.7 Å². The number of hydrogen-bond donors (Lipinski definition) is 1. The monoisotopic (exact) mass is 838 g/mol. The molecule has 4 saturated heterocycles. The van der Waals surface area contributed by atoms with Gasteiger partial charge in [-0.2, -0.15) is 9.97 Å². The molecule has 4 fully saturated rings. The molecule has 5 aromatic rings. The van der Waals surface area contributed by atoms with Gasteiger partial charge in [-0.1, -0.05) is 62.6 Å². The van der Waals surface area contributed by atoms with E-state index in [0.717, 1.165) is 31.7 Å². The van der Waals surface area contributed by atoms with Crippen molar-refractivity contribution in [2.45, 2.75) is 86.5 Å². The molecule has 10 rings (SSSR count). The molecule has 5 aliphatic heterocycles. The molecule has 0 aliphatic carbocycles. The lowest BCUT2D eigenvalue weighted by Crippen LogP contribution is -2.60. The molecule has 6 atom stereocenters. The lowest BCUT2D eigenvalue weighted by Gasteiger charge is -2.43. The fraction of sp³-hybridized carbons (Fsp3) is 0.419. The highest BCUT2D eigenvalue weighted by Gasteiger charge is 2.65. The predicted molar refractivity (Wildman–Crippen MR) is 213 cm³/mol. The van der Waals surface area contributed by atoms with Gasteiger partial charge in [-0.05, 0) is 81.0 Å². The van der Waals surface area contributed by atoms with Gasteiger partial charge >= 0.3 is 16.2 Å². The lowest BCUT2D eigenvalue weighted by atomic mass is 9.89. The van der Waals surface area contributed by atoms with Crippen LogP contribution in [0.2, 0.25) is 0 Å². The summed E-state index contributed by atoms with van der Waals surface area (Å²) in [6, 6.07) is 11.3. The first-order valence-electron chi connectivity index (χ1n) is 20.0. The molecule has 0 spiro atoms. The minimum Gasteiger partial charge on any atom is -0.492 e. The number of hydrogen-bond acceptors (Lipinski definition) is 8. The first-order chi connectivity index (χ1) is 28.0. The quantitative estimate of drug-likeness (QED) is 0.122. The van der Waals surface area contributed by atoms with Gasteiger partial charge in [0.25, 0.3) is 0 Å². The van der Waals surface area contributed by atoms with E-state index in [-0.39, 0.29) is 71.8 Å². The molecule has 0 amide bonds. The van der Waals surface area contributed by atoms with E-state index < -0.39 is 32.3 Å². The molecule has 2 aromatic heterocycles. The topological polar surface area (TPSA) is 75.6 Å². The molecule has 0 unspecified atom stereocenters. The summed E-state index contributed by atoms with van der Waals surface area (Å²) in [7, 11) is -9.88. The molecular weight excluding hydrogens is 798 g/mol. The van der Waals surface area contributed by atoms with Crippen LogP contribution >= 0.6 is 10.2 Å². The van der Waals surface area contributed by atoms with Gasteiger partial charge in [0.05, 0.1) is 22.2 Å². The molecule has 1 N–H and O–H groups in total. The number of anilines is 1. The molecule has 3 aromatic carbocycles. The second kappa shape index (κ2) is 12.8. The summed E-state index contributed by atoms with van der Waals surface area (Å²) < 4.78 is 112. The van der Waals surface area contributed by atoms with Crippen molar-refractivity contribution in [3.63, 3.8) is 0 Å². The summed E-state index contributed by atoms with van der Waals surface area (Å²) in [5, 5.41) is 5.31.